The molecule has 1 saturated carbocycles. The number of nitriles is 1. The third-order valence-electron chi connectivity index (χ3n) is 7.84. The summed E-state index contributed by atoms with van der Waals surface area (Å²) in [5.74, 6) is 0.834. The topological polar surface area (TPSA) is 129 Å². The Morgan fingerprint density at radius 3 is 2.47 bits per heavy atom. The molecule has 194 valence electrons. The summed E-state index contributed by atoms with van der Waals surface area (Å²) < 4.78 is 2.03. The van der Waals surface area contributed by atoms with Crippen LogP contribution in [-0.4, -0.2) is 55.1 Å². The molecule has 2 N–H and O–H groups in total. The van der Waals surface area contributed by atoms with E-state index in [1.54, 1.807) is 24.5 Å². The van der Waals surface area contributed by atoms with Crippen molar-refractivity contribution in [3.63, 3.8) is 0 Å². The number of aromatic nitrogens is 4. The molecule has 3 aromatic rings. The zero-order chi connectivity index (χ0) is 26.2. The number of piperidine rings is 1. The summed E-state index contributed by atoms with van der Waals surface area (Å²) in [4.78, 5) is 36.2. The van der Waals surface area contributed by atoms with E-state index in [4.69, 9.17) is 10.2 Å². The second-order valence-corrected chi connectivity index (χ2v) is 10.5. The molecule has 2 amide bonds. The van der Waals surface area contributed by atoms with E-state index in [2.05, 4.69) is 25.6 Å². The first kappa shape index (κ1) is 24.1. The molecule has 3 fully saturated rings. The number of amides is 2. The molecule has 6 rings (SSSR count). The molecule has 38 heavy (non-hydrogen) atoms. The van der Waals surface area contributed by atoms with Gasteiger partial charge in [0.15, 0.2) is 0 Å². The van der Waals surface area contributed by atoms with Gasteiger partial charge in [0.05, 0.1) is 29.7 Å². The molecule has 2 aliphatic heterocycles. The fourth-order valence-electron chi connectivity index (χ4n) is 5.79. The Hall–Kier alpha value is -4.26. The molecule has 3 aliphatic rings. The average Bonchev–Trinajstić information content (AvgIpc) is 3.63. The number of nitrogens with zero attached hydrogens (tertiary/aromatic N) is 6. The monoisotopic (exact) mass is 510 g/mol. The van der Waals surface area contributed by atoms with E-state index in [9.17, 15) is 9.59 Å². The van der Waals surface area contributed by atoms with Crippen molar-refractivity contribution in [2.24, 2.45) is 5.92 Å². The molecule has 1 aliphatic carbocycles. The lowest BCUT2D eigenvalue weighted by atomic mass is 9.97. The highest BCUT2D eigenvalue weighted by Crippen LogP contribution is 2.44. The molecule has 10 nitrogen and oxygen atoms in total. The Kier molecular flexibility index (Phi) is 6.27. The minimum Gasteiger partial charge on any atom is -0.339 e. The van der Waals surface area contributed by atoms with E-state index in [1.807, 2.05) is 36.0 Å². The SMILES string of the molecule is Cc1cnc(Nc2cnn(C3CC4CCC(C3)N4C(=O)C3CC3)c2)nc1-c1ccc(C(=O)NCC#N)cc1. The van der Waals surface area contributed by atoms with Gasteiger partial charge < -0.3 is 15.5 Å². The average molecular weight is 511 g/mol. The fourth-order valence-corrected chi connectivity index (χ4v) is 5.79. The smallest absolute Gasteiger partial charge is 0.252 e. The molecule has 0 radical (unpaired) electrons. The third-order valence-corrected chi connectivity index (χ3v) is 7.84. The zero-order valence-corrected chi connectivity index (χ0v) is 21.3. The Morgan fingerprint density at radius 1 is 1.05 bits per heavy atom. The highest BCUT2D eigenvalue weighted by molar-refractivity contribution is 5.94. The number of hydrogen-bond donors (Lipinski definition) is 2. The summed E-state index contributed by atoms with van der Waals surface area (Å²) >= 11 is 0. The quantitative estimate of drug-likeness (QED) is 0.463. The first-order valence-corrected chi connectivity index (χ1v) is 13.2. The van der Waals surface area contributed by atoms with Crippen molar-refractivity contribution in [3.8, 4) is 17.3 Å². The molecule has 2 aromatic heterocycles. The van der Waals surface area contributed by atoms with Gasteiger partial charge in [-0.1, -0.05) is 12.1 Å². The maximum atomic E-state index is 12.8. The van der Waals surface area contributed by atoms with Gasteiger partial charge in [0.1, 0.15) is 6.54 Å². The van der Waals surface area contributed by atoms with Gasteiger partial charge >= 0.3 is 0 Å². The Bertz CT molecular complexity index is 1390. The van der Waals surface area contributed by atoms with Crippen molar-refractivity contribution in [3.05, 3.63) is 54.0 Å². The number of carbonyl (C=O) groups is 2. The van der Waals surface area contributed by atoms with E-state index in [0.29, 0.717) is 29.5 Å². The number of rotatable bonds is 7. The van der Waals surface area contributed by atoms with Crippen LogP contribution >= 0.6 is 0 Å². The number of fused-ring (bicyclic) bond motifs is 2. The van der Waals surface area contributed by atoms with Crippen LogP contribution in [0.1, 0.15) is 60.5 Å². The van der Waals surface area contributed by atoms with Crippen LogP contribution in [-0.2, 0) is 4.79 Å². The first-order chi connectivity index (χ1) is 18.5. The summed E-state index contributed by atoms with van der Waals surface area (Å²) in [6.07, 6.45) is 11.8. The van der Waals surface area contributed by atoms with Crippen molar-refractivity contribution < 1.29 is 9.59 Å². The number of nitrogens with one attached hydrogen (secondary N) is 2. The van der Waals surface area contributed by atoms with E-state index >= 15 is 0 Å². The van der Waals surface area contributed by atoms with Gasteiger partial charge in [0.25, 0.3) is 5.91 Å². The zero-order valence-electron chi connectivity index (χ0n) is 21.3. The summed E-state index contributed by atoms with van der Waals surface area (Å²) in [5, 5.41) is 19.1. The molecule has 2 bridgehead atoms. The van der Waals surface area contributed by atoms with Crippen LogP contribution in [0.3, 0.4) is 0 Å². The maximum absolute atomic E-state index is 12.8. The van der Waals surface area contributed by atoms with Crippen molar-refractivity contribution in [2.75, 3.05) is 11.9 Å². The second kappa shape index (κ2) is 9.89. The molecule has 2 saturated heterocycles. The van der Waals surface area contributed by atoms with E-state index < -0.39 is 0 Å². The second-order valence-electron chi connectivity index (χ2n) is 10.5. The van der Waals surface area contributed by atoms with Gasteiger partial charge in [-0.3, -0.25) is 14.3 Å². The van der Waals surface area contributed by atoms with Crippen LogP contribution in [0.15, 0.2) is 42.9 Å². The molecule has 2 unspecified atom stereocenters. The van der Waals surface area contributed by atoms with Crippen LogP contribution in [0, 0.1) is 24.2 Å². The van der Waals surface area contributed by atoms with E-state index in [0.717, 1.165) is 61.0 Å². The van der Waals surface area contributed by atoms with Crippen molar-refractivity contribution >= 4 is 23.5 Å². The van der Waals surface area contributed by atoms with Crippen LogP contribution < -0.4 is 10.6 Å². The van der Waals surface area contributed by atoms with Gasteiger partial charge in [-0.2, -0.15) is 10.4 Å². The predicted molar refractivity (Wildman–Crippen MR) is 140 cm³/mol. The minimum absolute atomic E-state index is 0.0301. The summed E-state index contributed by atoms with van der Waals surface area (Å²) in [6.45, 7) is 1.91. The van der Waals surface area contributed by atoms with Crippen LogP contribution in [0.5, 0.6) is 0 Å². The minimum atomic E-state index is -0.287. The number of aryl methyl sites for hydroxylation is 1. The standard InChI is InChI=1S/C28H30N8O2/c1-17-14-31-28(34-25(17)18-2-4-19(5-3-18)26(37)30-11-10-29)33-21-15-32-35(16-21)24-12-22-8-9-23(13-24)36(22)27(38)20-6-7-20/h2-5,14-16,20,22-24H,6-9,11-13H2,1H3,(H,30,37)(H,31,33,34). The molecule has 0 spiro atoms. The lowest BCUT2D eigenvalue weighted by molar-refractivity contribution is -0.137. The van der Waals surface area contributed by atoms with Crippen LogP contribution in [0.4, 0.5) is 11.6 Å². The van der Waals surface area contributed by atoms with Gasteiger partial charge in [-0.25, -0.2) is 9.97 Å². The number of benzene rings is 1. The summed E-state index contributed by atoms with van der Waals surface area (Å²) in [5.41, 5.74) is 3.84. The number of carbonyl (C=O) groups excluding carboxylic acids is 2. The predicted octanol–water partition coefficient (Wildman–Crippen LogP) is 3.75. The first-order valence-electron chi connectivity index (χ1n) is 13.2. The van der Waals surface area contributed by atoms with Crippen LogP contribution in [0.2, 0.25) is 0 Å². The van der Waals surface area contributed by atoms with Crippen LogP contribution in [0.25, 0.3) is 11.3 Å². The molecule has 1 aromatic carbocycles. The highest BCUT2D eigenvalue weighted by atomic mass is 16.2. The van der Waals surface area contributed by atoms with Crippen molar-refractivity contribution in [1.82, 2.24) is 30.0 Å². The van der Waals surface area contributed by atoms with Gasteiger partial charge in [-0.05, 0) is 63.1 Å². The normalized spacial score (nSPS) is 22.1. The Labute approximate surface area is 221 Å². The number of anilines is 2. The fraction of sp³-hybridized carbons (Fsp3) is 0.429. The largest absolute Gasteiger partial charge is 0.339 e. The molecular formula is C28H30N8O2. The summed E-state index contributed by atoms with van der Waals surface area (Å²) in [7, 11) is 0. The lowest BCUT2D eigenvalue weighted by Crippen LogP contribution is -2.47. The van der Waals surface area contributed by atoms with E-state index in [1.165, 1.54) is 0 Å². The molecule has 4 heterocycles. The maximum Gasteiger partial charge on any atom is 0.252 e. The molecule has 10 heteroatoms. The number of hydrogen-bond acceptors (Lipinski definition) is 7. The molecular weight excluding hydrogens is 480 g/mol. The van der Waals surface area contributed by atoms with Crippen molar-refractivity contribution in [2.45, 2.75) is 63.6 Å². The summed E-state index contributed by atoms with van der Waals surface area (Å²) in [6, 6.07) is 9.97. The molecule has 2 atom stereocenters. The highest BCUT2D eigenvalue weighted by Gasteiger charge is 2.47. The Balaban J connectivity index is 1.13. The third kappa shape index (κ3) is 4.72. The van der Waals surface area contributed by atoms with Gasteiger partial charge in [0, 0.05) is 41.5 Å². The lowest BCUT2D eigenvalue weighted by Gasteiger charge is -2.39. The Morgan fingerprint density at radius 2 is 1.79 bits per heavy atom. The van der Waals surface area contributed by atoms with Gasteiger partial charge in [-0.15, -0.1) is 0 Å². The van der Waals surface area contributed by atoms with Crippen molar-refractivity contribution in [1.29, 1.82) is 5.26 Å². The van der Waals surface area contributed by atoms with Gasteiger partial charge in [0.2, 0.25) is 11.9 Å². The van der Waals surface area contributed by atoms with E-state index in [-0.39, 0.29) is 24.4 Å².